The Morgan fingerprint density at radius 3 is 2.75 bits per heavy atom. The maximum Gasteiger partial charge on any atom is 0.358 e. The van der Waals surface area contributed by atoms with E-state index in [0.29, 0.717) is 5.69 Å². The molecule has 5 heteroatoms. The summed E-state index contributed by atoms with van der Waals surface area (Å²) >= 11 is 0. The third kappa shape index (κ3) is 1.85. The topological polar surface area (TPSA) is 72.5 Å². The van der Waals surface area contributed by atoms with Gasteiger partial charge in [0.15, 0.2) is 0 Å². The molecule has 0 spiro atoms. The first-order valence-corrected chi connectivity index (χ1v) is 4.88. The summed E-state index contributed by atoms with van der Waals surface area (Å²) in [6.07, 6.45) is 0. The molecule has 1 aromatic rings. The number of anilines is 1. The van der Waals surface area contributed by atoms with Gasteiger partial charge >= 0.3 is 7.60 Å². The standard InChI is InChI=1S/C7H10NO3P/c1-11-12(9,10)7-4-2-3-6(8)5-7/h2-5H,8H2,1H3,(H,9,10). The zero-order chi connectivity index (χ0) is 9.19. The number of rotatable bonds is 2. The van der Waals surface area contributed by atoms with Gasteiger partial charge in [-0.1, -0.05) is 6.07 Å². The van der Waals surface area contributed by atoms with Gasteiger partial charge in [0.25, 0.3) is 0 Å². The number of benzene rings is 1. The zero-order valence-corrected chi connectivity index (χ0v) is 7.49. The van der Waals surface area contributed by atoms with Crippen LogP contribution in [-0.4, -0.2) is 12.0 Å². The maximum absolute atomic E-state index is 11.2. The van der Waals surface area contributed by atoms with Crippen molar-refractivity contribution < 1.29 is 14.0 Å². The van der Waals surface area contributed by atoms with Gasteiger partial charge in [-0.15, -0.1) is 0 Å². The van der Waals surface area contributed by atoms with E-state index in [1.807, 2.05) is 0 Å². The quantitative estimate of drug-likeness (QED) is 0.528. The van der Waals surface area contributed by atoms with Gasteiger partial charge in [-0.05, 0) is 18.2 Å². The van der Waals surface area contributed by atoms with Crippen molar-refractivity contribution in [2.24, 2.45) is 0 Å². The molecular weight excluding hydrogens is 177 g/mol. The van der Waals surface area contributed by atoms with Gasteiger partial charge in [-0.3, -0.25) is 4.57 Å². The molecule has 4 nitrogen and oxygen atoms in total. The van der Waals surface area contributed by atoms with E-state index in [1.165, 1.54) is 19.2 Å². The number of hydrogen-bond donors (Lipinski definition) is 2. The molecule has 0 aliphatic carbocycles. The van der Waals surface area contributed by atoms with Crippen molar-refractivity contribution in [3.05, 3.63) is 24.3 Å². The van der Waals surface area contributed by atoms with E-state index in [0.717, 1.165) is 0 Å². The Labute approximate surface area is 70.5 Å². The Hall–Kier alpha value is -0.830. The van der Waals surface area contributed by atoms with Crippen LogP contribution in [0.1, 0.15) is 0 Å². The summed E-state index contributed by atoms with van der Waals surface area (Å²) in [7, 11) is -2.45. The second kappa shape index (κ2) is 3.27. The van der Waals surface area contributed by atoms with Gasteiger partial charge in [0.2, 0.25) is 0 Å². The molecule has 1 unspecified atom stereocenters. The molecule has 12 heavy (non-hydrogen) atoms. The molecule has 0 fully saturated rings. The number of nitrogens with two attached hydrogens (primary N) is 1. The Balaban J connectivity index is 3.12. The second-order valence-corrected chi connectivity index (χ2v) is 4.22. The predicted octanol–water partition coefficient (Wildman–Crippen LogP) is 0.726. The third-order valence-corrected chi connectivity index (χ3v) is 2.87. The lowest BCUT2D eigenvalue weighted by Crippen LogP contribution is -2.06. The van der Waals surface area contributed by atoms with Crippen molar-refractivity contribution in [3.63, 3.8) is 0 Å². The van der Waals surface area contributed by atoms with Crippen LogP contribution in [0, 0.1) is 0 Å². The van der Waals surface area contributed by atoms with Crippen molar-refractivity contribution in [3.8, 4) is 0 Å². The van der Waals surface area contributed by atoms with Gasteiger partial charge in [-0.2, -0.15) is 0 Å². The van der Waals surface area contributed by atoms with E-state index in [2.05, 4.69) is 4.52 Å². The van der Waals surface area contributed by atoms with Gasteiger partial charge in [-0.25, -0.2) is 0 Å². The summed E-state index contributed by atoms with van der Waals surface area (Å²) < 4.78 is 15.6. The minimum absolute atomic E-state index is 0.213. The van der Waals surface area contributed by atoms with Crippen LogP contribution in [0.25, 0.3) is 0 Å². The lowest BCUT2D eigenvalue weighted by Gasteiger charge is -2.08. The van der Waals surface area contributed by atoms with Crippen LogP contribution in [0.5, 0.6) is 0 Å². The Morgan fingerprint density at radius 2 is 2.25 bits per heavy atom. The number of hydrogen-bond acceptors (Lipinski definition) is 3. The summed E-state index contributed by atoms with van der Waals surface area (Å²) in [5, 5.41) is 0.213. The van der Waals surface area contributed by atoms with Crippen LogP contribution >= 0.6 is 7.60 Å². The van der Waals surface area contributed by atoms with E-state index < -0.39 is 7.60 Å². The highest BCUT2D eigenvalue weighted by Crippen LogP contribution is 2.39. The van der Waals surface area contributed by atoms with Crippen molar-refractivity contribution in [1.82, 2.24) is 0 Å². The van der Waals surface area contributed by atoms with Crippen LogP contribution < -0.4 is 11.0 Å². The smallest absolute Gasteiger partial charge is 0.358 e. The molecule has 0 aromatic heterocycles. The summed E-state index contributed by atoms with van der Waals surface area (Å²) in [5.74, 6) is 0. The van der Waals surface area contributed by atoms with Crippen LogP contribution in [0.2, 0.25) is 0 Å². The average Bonchev–Trinajstić information content (AvgIpc) is 2.05. The van der Waals surface area contributed by atoms with E-state index in [1.54, 1.807) is 12.1 Å². The van der Waals surface area contributed by atoms with Crippen molar-refractivity contribution in [1.29, 1.82) is 0 Å². The predicted molar refractivity (Wildman–Crippen MR) is 47.3 cm³/mol. The molecule has 0 aliphatic heterocycles. The largest absolute Gasteiger partial charge is 0.399 e. The van der Waals surface area contributed by atoms with Crippen LogP contribution in [-0.2, 0) is 9.09 Å². The SMILES string of the molecule is COP(=O)(O)c1cccc(N)c1. The molecule has 1 atom stereocenters. The van der Waals surface area contributed by atoms with Crippen molar-refractivity contribution in [2.45, 2.75) is 0 Å². The van der Waals surface area contributed by atoms with Gasteiger partial charge < -0.3 is 15.2 Å². The van der Waals surface area contributed by atoms with E-state index in [9.17, 15) is 9.46 Å². The molecule has 0 saturated heterocycles. The highest BCUT2D eigenvalue weighted by atomic mass is 31.2. The monoisotopic (exact) mass is 187 g/mol. The Kier molecular flexibility index (Phi) is 2.52. The zero-order valence-electron chi connectivity index (χ0n) is 6.60. The first-order valence-electron chi connectivity index (χ1n) is 3.31. The summed E-state index contributed by atoms with van der Waals surface area (Å²) in [6, 6.07) is 6.16. The molecular formula is C7H10NO3P. The van der Waals surface area contributed by atoms with E-state index in [-0.39, 0.29) is 5.30 Å². The summed E-state index contributed by atoms with van der Waals surface area (Å²) in [5.41, 5.74) is 5.87. The highest BCUT2D eigenvalue weighted by Gasteiger charge is 2.19. The third-order valence-electron chi connectivity index (χ3n) is 1.44. The molecule has 66 valence electrons. The molecule has 3 N–H and O–H groups in total. The molecule has 0 bridgehead atoms. The highest BCUT2D eigenvalue weighted by molar-refractivity contribution is 7.61. The molecule has 0 radical (unpaired) electrons. The van der Waals surface area contributed by atoms with E-state index in [4.69, 9.17) is 5.73 Å². The van der Waals surface area contributed by atoms with Crippen LogP contribution in [0.4, 0.5) is 5.69 Å². The average molecular weight is 187 g/mol. The lowest BCUT2D eigenvalue weighted by atomic mass is 10.3. The molecule has 0 aliphatic rings. The first-order chi connectivity index (χ1) is 5.56. The first kappa shape index (κ1) is 9.26. The molecule has 0 heterocycles. The fourth-order valence-corrected chi connectivity index (χ4v) is 1.60. The van der Waals surface area contributed by atoms with Gasteiger partial charge in [0, 0.05) is 12.8 Å². The molecule has 0 saturated carbocycles. The summed E-state index contributed by atoms with van der Waals surface area (Å²) in [6.45, 7) is 0. The Bertz CT molecular complexity index is 326. The minimum Gasteiger partial charge on any atom is -0.399 e. The number of nitrogen functional groups attached to an aromatic ring is 1. The van der Waals surface area contributed by atoms with Crippen molar-refractivity contribution in [2.75, 3.05) is 12.8 Å². The fourth-order valence-electron chi connectivity index (χ4n) is 0.806. The fraction of sp³-hybridized carbons (Fsp3) is 0.143. The Morgan fingerprint density at radius 1 is 1.58 bits per heavy atom. The minimum atomic E-state index is -3.63. The van der Waals surface area contributed by atoms with E-state index >= 15 is 0 Å². The van der Waals surface area contributed by atoms with Crippen molar-refractivity contribution >= 4 is 18.6 Å². The molecule has 1 rings (SSSR count). The lowest BCUT2D eigenvalue weighted by molar-refractivity contribution is 0.328. The van der Waals surface area contributed by atoms with Crippen LogP contribution in [0.15, 0.2) is 24.3 Å². The maximum atomic E-state index is 11.2. The molecule has 1 aromatic carbocycles. The summed E-state index contributed by atoms with van der Waals surface area (Å²) in [4.78, 5) is 9.20. The molecule has 0 amide bonds. The second-order valence-electron chi connectivity index (χ2n) is 2.30. The van der Waals surface area contributed by atoms with Crippen LogP contribution in [0.3, 0.4) is 0 Å². The van der Waals surface area contributed by atoms with Gasteiger partial charge in [0.05, 0.1) is 5.30 Å². The normalized spacial score (nSPS) is 15.5. The van der Waals surface area contributed by atoms with Gasteiger partial charge in [0.1, 0.15) is 0 Å².